The van der Waals surface area contributed by atoms with E-state index in [9.17, 15) is 4.79 Å². The van der Waals surface area contributed by atoms with E-state index in [4.69, 9.17) is 15.6 Å². The predicted molar refractivity (Wildman–Crippen MR) is 78.8 cm³/mol. The number of hydrogen-bond acceptors (Lipinski definition) is 5. The van der Waals surface area contributed by atoms with Crippen LogP contribution in [0, 0.1) is 5.92 Å². The maximum absolute atomic E-state index is 11.8. The lowest BCUT2D eigenvalue weighted by atomic mass is 10.1. The molecular formula is C15H22N2O3. The molecule has 0 aromatic heterocycles. The van der Waals surface area contributed by atoms with Crippen LogP contribution >= 0.6 is 0 Å². The lowest BCUT2D eigenvalue weighted by molar-refractivity contribution is 0.0527. The van der Waals surface area contributed by atoms with Gasteiger partial charge < -0.3 is 20.5 Å². The van der Waals surface area contributed by atoms with E-state index >= 15 is 0 Å². The van der Waals surface area contributed by atoms with E-state index in [1.54, 1.807) is 19.1 Å². The summed E-state index contributed by atoms with van der Waals surface area (Å²) in [5.41, 5.74) is 7.70. The first kappa shape index (κ1) is 14.7. The maximum Gasteiger partial charge on any atom is 0.340 e. The van der Waals surface area contributed by atoms with Gasteiger partial charge in [0.05, 0.1) is 12.2 Å². The summed E-state index contributed by atoms with van der Waals surface area (Å²) < 4.78 is 5.02. The van der Waals surface area contributed by atoms with Crippen LogP contribution < -0.4 is 10.6 Å². The van der Waals surface area contributed by atoms with Gasteiger partial charge in [-0.2, -0.15) is 0 Å². The molecule has 110 valence electrons. The van der Waals surface area contributed by atoms with Crippen LogP contribution in [0.1, 0.15) is 30.1 Å². The number of carbonyl (C=O) groups is 1. The number of aliphatic hydroxyl groups is 1. The van der Waals surface area contributed by atoms with E-state index in [-0.39, 0.29) is 12.6 Å². The highest BCUT2D eigenvalue weighted by atomic mass is 16.5. The molecule has 5 nitrogen and oxygen atoms in total. The highest BCUT2D eigenvalue weighted by molar-refractivity contribution is 5.96. The van der Waals surface area contributed by atoms with Gasteiger partial charge in [0, 0.05) is 31.1 Å². The first-order chi connectivity index (χ1) is 9.65. The molecule has 0 saturated carbocycles. The monoisotopic (exact) mass is 278 g/mol. The number of aliphatic hydroxyl groups excluding tert-OH is 1. The molecule has 2 rings (SSSR count). The molecule has 1 atom stereocenters. The fourth-order valence-corrected chi connectivity index (χ4v) is 2.61. The number of rotatable bonds is 5. The highest BCUT2D eigenvalue weighted by Gasteiger charge is 2.23. The van der Waals surface area contributed by atoms with E-state index in [1.807, 2.05) is 6.07 Å². The van der Waals surface area contributed by atoms with Gasteiger partial charge >= 0.3 is 5.97 Å². The Morgan fingerprint density at radius 2 is 2.35 bits per heavy atom. The molecule has 0 aliphatic carbocycles. The zero-order chi connectivity index (χ0) is 14.5. The Labute approximate surface area is 119 Å². The molecule has 0 radical (unpaired) electrons. The molecule has 0 spiro atoms. The van der Waals surface area contributed by atoms with Crippen LogP contribution in [0.3, 0.4) is 0 Å². The van der Waals surface area contributed by atoms with Crippen molar-refractivity contribution in [3.8, 4) is 0 Å². The molecule has 1 fully saturated rings. The van der Waals surface area contributed by atoms with E-state index in [1.165, 1.54) is 0 Å². The standard InChI is InChI=1S/C15H22N2O3/c1-2-20-15(19)13-9-12(3-4-14(13)16)17-7-5-11(10-17)6-8-18/h3-4,9,11,18H,2,5-8,10,16H2,1H3. The van der Waals surface area contributed by atoms with E-state index in [2.05, 4.69) is 4.90 Å². The second-order valence-corrected chi connectivity index (χ2v) is 5.11. The van der Waals surface area contributed by atoms with E-state index in [0.717, 1.165) is 31.6 Å². The van der Waals surface area contributed by atoms with Crippen molar-refractivity contribution in [3.05, 3.63) is 23.8 Å². The van der Waals surface area contributed by atoms with Gasteiger partial charge in [0.25, 0.3) is 0 Å². The Bertz CT molecular complexity index is 476. The van der Waals surface area contributed by atoms with Gasteiger partial charge in [-0.1, -0.05) is 0 Å². The van der Waals surface area contributed by atoms with Crippen molar-refractivity contribution in [1.82, 2.24) is 0 Å². The molecule has 0 bridgehead atoms. The van der Waals surface area contributed by atoms with Crippen LogP contribution in [0.2, 0.25) is 0 Å². The van der Waals surface area contributed by atoms with Gasteiger partial charge in [0.2, 0.25) is 0 Å². The molecule has 1 saturated heterocycles. The van der Waals surface area contributed by atoms with E-state index < -0.39 is 0 Å². The summed E-state index contributed by atoms with van der Waals surface area (Å²) in [6.07, 6.45) is 1.90. The molecule has 1 unspecified atom stereocenters. The zero-order valence-corrected chi connectivity index (χ0v) is 11.8. The van der Waals surface area contributed by atoms with Gasteiger partial charge in [-0.25, -0.2) is 4.79 Å². The maximum atomic E-state index is 11.8. The van der Waals surface area contributed by atoms with Crippen molar-refractivity contribution in [1.29, 1.82) is 0 Å². The predicted octanol–water partition coefficient (Wildman–Crippen LogP) is 1.65. The normalized spacial score (nSPS) is 18.3. The van der Waals surface area contributed by atoms with Crippen molar-refractivity contribution in [2.75, 3.05) is 36.9 Å². The van der Waals surface area contributed by atoms with Crippen molar-refractivity contribution in [2.24, 2.45) is 5.92 Å². The lowest BCUT2D eigenvalue weighted by Crippen LogP contribution is -2.20. The molecular weight excluding hydrogens is 256 g/mol. The number of nitrogens with zero attached hydrogens (tertiary/aromatic N) is 1. The van der Waals surface area contributed by atoms with Gasteiger partial charge in [-0.3, -0.25) is 0 Å². The number of nitrogens with two attached hydrogens (primary N) is 1. The number of nitrogen functional groups attached to an aromatic ring is 1. The quantitative estimate of drug-likeness (QED) is 0.633. The van der Waals surface area contributed by atoms with Gasteiger partial charge in [-0.15, -0.1) is 0 Å². The third-order valence-corrected chi connectivity index (χ3v) is 3.72. The summed E-state index contributed by atoms with van der Waals surface area (Å²) in [6.45, 7) is 4.20. The Morgan fingerprint density at radius 3 is 3.05 bits per heavy atom. The molecule has 5 heteroatoms. The van der Waals surface area contributed by atoms with Crippen LogP contribution in [-0.2, 0) is 4.74 Å². The Morgan fingerprint density at radius 1 is 1.55 bits per heavy atom. The largest absolute Gasteiger partial charge is 0.462 e. The molecule has 1 aliphatic rings. The van der Waals surface area contributed by atoms with Crippen LogP contribution in [0.5, 0.6) is 0 Å². The molecule has 0 amide bonds. The topological polar surface area (TPSA) is 75.8 Å². The van der Waals surface area contributed by atoms with Crippen LogP contribution in [0.15, 0.2) is 18.2 Å². The van der Waals surface area contributed by atoms with Crippen LogP contribution in [-0.4, -0.2) is 37.4 Å². The van der Waals surface area contributed by atoms with Gasteiger partial charge in [-0.05, 0) is 43.9 Å². The van der Waals surface area contributed by atoms with Gasteiger partial charge in [0.15, 0.2) is 0 Å². The minimum atomic E-state index is -0.377. The fraction of sp³-hybridized carbons (Fsp3) is 0.533. The summed E-state index contributed by atoms with van der Waals surface area (Å²) in [4.78, 5) is 14.1. The average molecular weight is 278 g/mol. The molecule has 20 heavy (non-hydrogen) atoms. The zero-order valence-electron chi connectivity index (χ0n) is 11.8. The Hall–Kier alpha value is -1.75. The highest BCUT2D eigenvalue weighted by Crippen LogP contribution is 2.28. The first-order valence-electron chi connectivity index (χ1n) is 7.08. The first-order valence-corrected chi connectivity index (χ1v) is 7.08. The number of esters is 1. The Kier molecular flexibility index (Phi) is 4.84. The number of anilines is 2. The lowest BCUT2D eigenvalue weighted by Gasteiger charge is -2.20. The molecule has 1 aliphatic heterocycles. The van der Waals surface area contributed by atoms with Crippen molar-refractivity contribution in [3.63, 3.8) is 0 Å². The minimum Gasteiger partial charge on any atom is -0.462 e. The van der Waals surface area contributed by atoms with E-state index in [0.29, 0.717) is 23.8 Å². The third-order valence-electron chi connectivity index (χ3n) is 3.72. The molecule has 3 N–H and O–H groups in total. The number of hydrogen-bond donors (Lipinski definition) is 2. The number of benzene rings is 1. The molecule has 1 aromatic carbocycles. The van der Waals surface area contributed by atoms with Gasteiger partial charge in [0.1, 0.15) is 0 Å². The minimum absolute atomic E-state index is 0.230. The second-order valence-electron chi connectivity index (χ2n) is 5.11. The van der Waals surface area contributed by atoms with Crippen molar-refractivity contribution in [2.45, 2.75) is 19.8 Å². The molecule has 1 heterocycles. The summed E-state index contributed by atoms with van der Waals surface area (Å²) in [5.74, 6) is 0.140. The van der Waals surface area contributed by atoms with Crippen LogP contribution in [0.25, 0.3) is 0 Å². The summed E-state index contributed by atoms with van der Waals surface area (Å²) in [6, 6.07) is 5.48. The number of carbonyl (C=O) groups excluding carboxylic acids is 1. The third kappa shape index (κ3) is 3.22. The summed E-state index contributed by atoms with van der Waals surface area (Å²) >= 11 is 0. The molecule has 1 aromatic rings. The fourth-order valence-electron chi connectivity index (χ4n) is 2.61. The number of ether oxygens (including phenoxy) is 1. The summed E-state index contributed by atoms with van der Waals surface area (Å²) in [7, 11) is 0. The van der Waals surface area contributed by atoms with Crippen LogP contribution in [0.4, 0.5) is 11.4 Å². The Balaban J connectivity index is 2.13. The van der Waals surface area contributed by atoms with Crippen molar-refractivity contribution < 1.29 is 14.6 Å². The second kappa shape index (κ2) is 6.61. The SMILES string of the molecule is CCOC(=O)c1cc(N2CCC(CCO)C2)ccc1N. The average Bonchev–Trinajstić information content (AvgIpc) is 2.88. The smallest absolute Gasteiger partial charge is 0.340 e. The van der Waals surface area contributed by atoms with Crippen molar-refractivity contribution >= 4 is 17.3 Å². The summed E-state index contributed by atoms with van der Waals surface area (Å²) in [5, 5.41) is 9.00.